The lowest BCUT2D eigenvalue weighted by atomic mass is 10.1. The Labute approximate surface area is 142 Å². The van der Waals surface area contributed by atoms with Crippen LogP contribution in [0.2, 0.25) is 0 Å². The van der Waals surface area contributed by atoms with Crippen LogP contribution in [-0.4, -0.2) is 27.6 Å². The Morgan fingerprint density at radius 2 is 2.00 bits per heavy atom. The third-order valence-corrected chi connectivity index (χ3v) is 3.82. The Morgan fingerprint density at radius 3 is 2.62 bits per heavy atom. The Bertz CT molecular complexity index is 650. The second kappa shape index (κ2) is 8.86. The van der Waals surface area contributed by atoms with Crippen molar-refractivity contribution in [1.29, 1.82) is 0 Å². The first-order valence-corrected chi connectivity index (χ1v) is 8.22. The van der Waals surface area contributed by atoms with Crippen molar-refractivity contribution in [3.05, 3.63) is 53.9 Å². The van der Waals surface area contributed by atoms with Gasteiger partial charge in [-0.05, 0) is 37.1 Å². The number of hydrogen-bond donors (Lipinski definition) is 2. The molecule has 6 nitrogen and oxygen atoms in total. The molecular weight excluding hydrogens is 304 g/mol. The van der Waals surface area contributed by atoms with Crippen LogP contribution in [0.25, 0.3) is 0 Å². The molecule has 0 fully saturated rings. The second-order valence-corrected chi connectivity index (χ2v) is 5.78. The molecule has 0 aliphatic carbocycles. The van der Waals surface area contributed by atoms with Crippen LogP contribution in [0.5, 0.6) is 0 Å². The van der Waals surface area contributed by atoms with Crippen molar-refractivity contribution in [2.45, 2.75) is 45.8 Å². The van der Waals surface area contributed by atoms with Gasteiger partial charge in [-0.25, -0.2) is 0 Å². The van der Waals surface area contributed by atoms with Gasteiger partial charge in [0.25, 0.3) is 5.91 Å². The van der Waals surface area contributed by atoms with Crippen molar-refractivity contribution in [1.82, 2.24) is 20.4 Å². The summed E-state index contributed by atoms with van der Waals surface area (Å²) in [6, 6.07) is 9.27. The molecule has 1 atom stereocenters. The SMILES string of the molecule is CC[C@H](C)NC(=O)c1ccc(CNC(=O)CCn2cccn2)cc1. The van der Waals surface area contributed by atoms with E-state index in [1.165, 1.54) is 0 Å². The highest BCUT2D eigenvalue weighted by atomic mass is 16.2. The van der Waals surface area contributed by atoms with Crippen molar-refractivity contribution in [3.8, 4) is 0 Å². The summed E-state index contributed by atoms with van der Waals surface area (Å²) in [5.74, 6) is -0.0942. The zero-order valence-electron chi connectivity index (χ0n) is 14.2. The van der Waals surface area contributed by atoms with Gasteiger partial charge in [0, 0.05) is 43.5 Å². The molecule has 0 aliphatic heterocycles. The van der Waals surface area contributed by atoms with Crippen LogP contribution >= 0.6 is 0 Å². The topological polar surface area (TPSA) is 76.0 Å². The van der Waals surface area contributed by atoms with Crippen molar-refractivity contribution < 1.29 is 9.59 Å². The number of amides is 2. The maximum Gasteiger partial charge on any atom is 0.251 e. The monoisotopic (exact) mass is 328 g/mol. The van der Waals surface area contributed by atoms with Crippen molar-refractivity contribution in [2.24, 2.45) is 0 Å². The van der Waals surface area contributed by atoms with E-state index in [-0.39, 0.29) is 17.9 Å². The van der Waals surface area contributed by atoms with Crippen LogP contribution in [0, 0.1) is 0 Å². The molecule has 2 N–H and O–H groups in total. The highest BCUT2D eigenvalue weighted by Crippen LogP contribution is 2.05. The van der Waals surface area contributed by atoms with Gasteiger partial charge in [-0.3, -0.25) is 14.3 Å². The highest BCUT2D eigenvalue weighted by Gasteiger charge is 2.08. The van der Waals surface area contributed by atoms with Gasteiger partial charge >= 0.3 is 0 Å². The average molecular weight is 328 g/mol. The van der Waals surface area contributed by atoms with Crippen molar-refractivity contribution in [2.75, 3.05) is 0 Å². The number of benzene rings is 1. The van der Waals surface area contributed by atoms with E-state index in [0.29, 0.717) is 25.1 Å². The lowest BCUT2D eigenvalue weighted by Crippen LogP contribution is -2.31. The van der Waals surface area contributed by atoms with E-state index >= 15 is 0 Å². The molecule has 1 aromatic heterocycles. The molecule has 0 bridgehead atoms. The number of carbonyl (C=O) groups excluding carboxylic acids is 2. The van der Waals surface area contributed by atoms with E-state index in [1.54, 1.807) is 23.0 Å². The predicted molar refractivity (Wildman–Crippen MR) is 92.4 cm³/mol. The van der Waals surface area contributed by atoms with Crippen LogP contribution in [-0.2, 0) is 17.9 Å². The molecule has 2 rings (SSSR count). The van der Waals surface area contributed by atoms with Crippen LogP contribution < -0.4 is 10.6 Å². The molecule has 2 amide bonds. The average Bonchev–Trinajstić information content (AvgIpc) is 3.12. The minimum atomic E-state index is -0.0702. The summed E-state index contributed by atoms with van der Waals surface area (Å²) in [6.07, 6.45) is 4.80. The molecule has 0 unspecified atom stereocenters. The Hall–Kier alpha value is -2.63. The van der Waals surface area contributed by atoms with Gasteiger partial charge in [-0.15, -0.1) is 0 Å². The summed E-state index contributed by atoms with van der Waals surface area (Å²) in [4.78, 5) is 23.8. The molecule has 1 heterocycles. The van der Waals surface area contributed by atoms with E-state index in [9.17, 15) is 9.59 Å². The van der Waals surface area contributed by atoms with E-state index < -0.39 is 0 Å². The molecule has 0 aliphatic rings. The summed E-state index contributed by atoms with van der Waals surface area (Å²) in [6.45, 7) is 5.02. The number of aromatic nitrogens is 2. The molecule has 128 valence electrons. The minimum Gasteiger partial charge on any atom is -0.352 e. The fraction of sp³-hybridized carbons (Fsp3) is 0.389. The van der Waals surface area contributed by atoms with Crippen molar-refractivity contribution in [3.63, 3.8) is 0 Å². The standard InChI is InChI=1S/C18H24N4O2/c1-3-14(2)21-18(24)16-7-5-15(6-8-16)13-19-17(23)9-12-22-11-4-10-20-22/h4-8,10-11,14H,3,9,12-13H2,1-2H3,(H,19,23)(H,21,24)/t14-/m0/s1. The number of aryl methyl sites for hydroxylation is 1. The zero-order valence-corrected chi connectivity index (χ0v) is 14.2. The van der Waals surface area contributed by atoms with E-state index in [2.05, 4.69) is 15.7 Å². The van der Waals surface area contributed by atoms with Crippen molar-refractivity contribution >= 4 is 11.8 Å². The number of hydrogen-bond acceptors (Lipinski definition) is 3. The number of carbonyl (C=O) groups is 2. The van der Waals surface area contributed by atoms with E-state index in [0.717, 1.165) is 12.0 Å². The van der Waals surface area contributed by atoms with E-state index in [1.807, 2.05) is 38.2 Å². The molecule has 1 aromatic carbocycles. The molecule has 0 spiro atoms. The van der Waals surface area contributed by atoms with Crippen LogP contribution in [0.1, 0.15) is 42.6 Å². The lowest BCUT2D eigenvalue weighted by molar-refractivity contribution is -0.121. The highest BCUT2D eigenvalue weighted by molar-refractivity contribution is 5.94. The molecule has 0 saturated carbocycles. The van der Waals surface area contributed by atoms with E-state index in [4.69, 9.17) is 0 Å². The fourth-order valence-electron chi connectivity index (χ4n) is 2.12. The van der Waals surface area contributed by atoms with Gasteiger partial charge in [0.15, 0.2) is 0 Å². The third-order valence-electron chi connectivity index (χ3n) is 3.82. The van der Waals surface area contributed by atoms with Gasteiger partial charge < -0.3 is 10.6 Å². The maximum absolute atomic E-state index is 12.0. The number of nitrogens with one attached hydrogen (secondary N) is 2. The summed E-state index contributed by atoms with van der Waals surface area (Å²) in [7, 11) is 0. The molecule has 24 heavy (non-hydrogen) atoms. The van der Waals surface area contributed by atoms with Gasteiger partial charge in [0.2, 0.25) is 5.91 Å². The zero-order chi connectivity index (χ0) is 17.4. The first kappa shape index (κ1) is 17.7. The maximum atomic E-state index is 12.0. The van der Waals surface area contributed by atoms with Crippen LogP contribution in [0.15, 0.2) is 42.7 Å². The van der Waals surface area contributed by atoms with Gasteiger partial charge in [0.1, 0.15) is 0 Å². The lowest BCUT2D eigenvalue weighted by Gasteiger charge is -2.11. The number of rotatable bonds is 8. The predicted octanol–water partition coefficient (Wildman–Crippen LogP) is 2.12. The first-order valence-electron chi connectivity index (χ1n) is 8.22. The first-order chi connectivity index (χ1) is 11.6. The third kappa shape index (κ3) is 5.53. The number of nitrogens with zero attached hydrogens (tertiary/aromatic N) is 2. The van der Waals surface area contributed by atoms with Gasteiger partial charge in [-0.1, -0.05) is 19.1 Å². The molecule has 0 radical (unpaired) electrons. The minimum absolute atomic E-state index is 0.0240. The largest absolute Gasteiger partial charge is 0.352 e. The summed E-state index contributed by atoms with van der Waals surface area (Å²) in [5, 5.41) is 9.86. The quantitative estimate of drug-likeness (QED) is 0.779. The Balaban J connectivity index is 1.76. The summed E-state index contributed by atoms with van der Waals surface area (Å²) < 4.78 is 1.73. The molecular formula is C18H24N4O2. The smallest absolute Gasteiger partial charge is 0.251 e. The Kier molecular flexibility index (Phi) is 6.54. The van der Waals surface area contributed by atoms with Crippen LogP contribution in [0.4, 0.5) is 0 Å². The molecule has 0 saturated heterocycles. The molecule has 2 aromatic rings. The molecule has 6 heteroatoms. The normalized spacial score (nSPS) is 11.8. The van der Waals surface area contributed by atoms with Gasteiger partial charge in [0.05, 0.1) is 0 Å². The summed E-state index contributed by atoms with van der Waals surface area (Å²) >= 11 is 0. The second-order valence-electron chi connectivity index (χ2n) is 5.78. The van der Waals surface area contributed by atoms with Gasteiger partial charge in [-0.2, -0.15) is 5.10 Å². The Morgan fingerprint density at radius 1 is 1.25 bits per heavy atom. The summed E-state index contributed by atoms with van der Waals surface area (Å²) in [5.41, 5.74) is 1.59. The fourth-order valence-corrected chi connectivity index (χ4v) is 2.12. The van der Waals surface area contributed by atoms with Crippen LogP contribution in [0.3, 0.4) is 0 Å².